The standard InChI is InChI=1S/C13H14BrFN4/c1-19(11-8-9(14)2-3-10(11)15)13-5-7-17-12(18-13)4-6-16/h2-3,5,7-8H,4,6,16H2,1H3. The summed E-state index contributed by atoms with van der Waals surface area (Å²) in [6, 6.07) is 6.52. The molecule has 100 valence electrons. The summed E-state index contributed by atoms with van der Waals surface area (Å²) < 4.78 is 14.6. The van der Waals surface area contributed by atoms with Gasteiger partial charge in [0.25, 0.3) is 0 Å². The van der Waals surface area contributed by atoms with Gasteiger partial charge in [-0.3, -0.25) is 0 Å². The second kappa shape index (κ2) is 6.08. The summed E-state index contributed by atoms with van der Waals surface area (Å²) in [5, 5.41) is 0. The molecular formula is C13H14BrFN4. The predicted molar refractivity (Wildman–Crippen MR) is 77.0 cm³/mol. The van der Waals surface area contributed by atoms with Gasteiger partial charge < -0.3 is 10.6 Å². The highest BCUT2D eigenvalue weighted by Crippen LogP contribution is 2.27. The maximum atomic E-state index is 13.8. The van der Waals surface area contributed by atoms with E-state index in [-0.39, 0.29) is 5.82 Å². The van der Waals surface area contributed by atoms with E-state index in [0.29, 0.717) is 30.3 Å². The fourth-order valence-electron chi connectivity index (χ4n) is 1.69. The molecule has 0 saturated heterocycles. The third kappa shape index (κ3) is 3.27. The van der Waals surface area contributed by atoms with Crippen molar-refractivity contribution in [1.82, 2.24) is 9.97 Å². The first-order chi connectivity index (χ1) is 9.11. The molecule has 1 aromatic carbocycles. The first-order valence-corrected chi connectivity index (χ1v) is 6.62. The molecule has 2 rings (SSSR count). The van der Waals surface area contributed by atoms with E-state index in [9.17, 15) is 4.39 Å². The van der Waals surface area contributed by atoms with Crippen molar-refractivity contribution in [1.29, 1.82) is 0 Å². The second-order valence-electron chi connectivity index (χ2n) is 4.02. The van der Waals surface area contributed by atoms with Crippen molar-refractivity contribution in [3.63, 3.8) is 0 Å². The minimum absolute atomic E-state index is 0.301. The Morgan fingerprint density at radius 1 is 1.37 bits per heavy atom. The molecule has 2 N–H and O–H groups in total. The summed E-state index contributed by atoms with van der Waals surface area (Å²) in [7, 11) is 1.76. The lowest BCUT2D eigenvalue weighted by Crippen LogP contribution is -2.15. The average Bonchev–Trinajstić information content (AvgIpc) is 2.41. The Kier molecular flexibility index (Phi) is 4.44. The van der Waals surface area contributed by atoms with E-state index in [1.54, 1.807) is 36.3 Å². The van der Waals surface area contributed by atoms with E-state index in [0.717, 1.165) is 4.47 Å². The molecule has 0 aliphatic rings. The molecular weight excluding hydrogens is 311 g/mol. The number of nitrogens with two attached hydrogens (primary N) is 1. The molecule has 0 atom stereocenters. The molecule has 0 spiro atoms. The zero-order valence-electron chi connectivity index (χ0n) is 10.5. The molecule has 2 aromatic rings. The number of aromatic nitrogens is 2. The van der Waals surface area contributed by atoms with Gasteiger partial charge in [-0.1, -0.05) is 15.9 Å². The maximum Gasteiger partial charge on any atom is 0.146 e. The molecule has 4 nitrogen and oxygen atoms in total. The number of anilines is 2. The Labute approximate surface area is 119 Å². The van der Waals surface area contributed by atoms with Gasteiger partial charge in [0, 0.05) is 24.1 Å². The number of benzene rings is 1. The van der Waals surface area contributed by atoms with Crippen LogP contribution < -0.4 is 10.6 Å². The monoisotopic (exact) mass is 324 g/mol. The zero-order chi connectivity index (χ0) is 13.8. The van der Waals surface area contributed by atoms with E-state index in [1.165, 1.54) is 6.07 Å². The Balaban J connectivity index is 2.35. The third-order valence-electron chi connectivity index (χ3n) is 2.67. The van der Waals surface area contributed by atoms with Crippen LogP contribution in [-0.4, -0.2) is 23.6 Å². The number of rotatable bonds is 4. The van der Waals surface area contributed by atoms with Crippen LogP contribution in [0.2, 0.25) is 0 Å². The molecule has 0 bridgehead atoms. The molecule has 0 aliphatic carbocycles. The summed E-state index contributed by atoms with van der Waals surface area (Å²) in [4.78, 5) is 10.2. The lowest BCUT2D eigenvalue weighted by molar-refractivity contribution is 0.627. The van der Waals surface area contributed by atoms with Crippen LogP contribution in [0.3, 0.4) is 0 Å². The largest absolute Gasteiger partial charge is 0.330 e. The molecule has 0 radical (unpaired) electrons. The minimum Gasteiger partial charge on any atom is -0.330 e. The molecule has 1 heterocycles. The highest BCUT2D eigenvalue weighted by molar-refractivity contribution is 9.10. The smallest absolute Gasteiger partial charge is 0.146 e. The second-order valence-corrected chi connectivity index (χ2v) is 4.94. The van der Waals surface area contributed by atoms with E-state index in [4.69, 9.17) is 5.73 Å². The van der Waals surface area contributed by atoms with Crippen molar-refractivity contribution in [3.05, 3.63) is 46.6 Å². The Morgan fingerprint density at radius 3 is 2.89 bits per heavy atom. The minimum atomic E-state index is -0.301. The summed E-state index contributed by atoms with van der Waals surface area (Å²) >= 11 is 3.33. The first kappa shape index (κ1) is 13.9. The van der Waals surface area contributed by atoms with Crippen molar-refractivity contribution in [3.8, 4) is 0 Å². The van der Waals surface area contributed by atoms with E-state index in [1.807, 2.05) is 0 Å². The average molecular weight is 325 g/mol. The van der Waals surface area contributed by atoms with Crippen molar-refractivity contribution in [2.24, 2.45) is 5.73 Å². The van der Waals surface area contributed by atoms with Crippen LogP contribution in [0.25, 0.3) is 0 Å². The Hall–Kier alpha value is -1.53. The predicted octanol–water partition coefficient (Wildman–Crippen LogP) is 2.65. The third-order valence-corrected chi connectivity index (χ3v) is 3.17. The van der Waals surface area contributed by atoms with Crippen LogP contribution in [0.1, 0.15) is 5.82 Å². The summed E-state index contributed by atoms with van der Waals surface area (Å²) in [6.07, 6.45) is 2.25. The quantitative estimate of drug-likeness (QED) is 0.939. The molecule has 6 heteroatoms. The van der Waals surface area contributed by atoms with Gasteiger partial charge in [-0.25, -0.2) is 14.4 Å². The van der Waals surface area contributed by atoms with Crippen molar-refractivity contribution < 1.29 is 4.39 Å². The van der Waals surface area contributed by atoms with Crippen molar-refractivity contribution in [2.45, 2.75) is 6.42 Å². The summed E-state index contributed by atoms with van der Waals surface area (Å²) in [6.45, 7) is 0.485. The zero-order valence-corrected chi connectivity index (χ0v) is 12.1. The Bertz CT molecular complexity index is 576. The SMILES string of the molecule is CN(c1ccnc(CCN)n1)c1cc(Br)ccc1F. The van der Waals surface area contributed by atoms with E-state index in [2.05, 4.69) is 25.9 Å². The van der Waals surface area contributed by atoms with Gasteiger partial charge >= 0.3 is 0 Å². The fraction of sp³-hybridized carbons (Fsp3) is 0.231. The van der Waals surface area contributed by atoms with Gasteiger partial charge in [-0.05, 0) is 30.8 Å². The molecule has 0 aliphatic heterocycles. The lowest BCUT2D eigenvalue weighted by Gasteiger charge is -2.19. The number of nitrogens with zero attached hydrogens (tertiary/aromatic N) is 3. The fourth-order valence-corrected chi connectivity index (χ4v) is 2.04. The van der Waals surface area contributed by atoms with Crippen LogP contribution in [0, 0.1) is 5.82 Å². The van der Waals surface area contributed by atoms with Gasteiger partial charge in [-0.2, -0.15) is 0 Å². The molecule has 0 saturated carbocycles. The van der Waals surface area contributed by atoms with Gasteiger partial charge in [-0.15, -0.1) is 0 Å². The van der Waals surface area contributed by atoms with Gasteiger partial charge in [0.05, 0.1) is 5.69 Å². The van der Waals surface area contributed by atoms with E-state index >= 15 is 0 Å². The van der Waals surface area contributed by atoms with Crippen LogP contribution in [0.5, 0.6) is 0 Å². The van der Waals surface area contributed by atoms with Gasteiger partial charge in [0.1, 0.15) is 17.5 Å². The normalized spacial score (nSPS) is 10.5. The Morgan fingerprint density at radius 2 is 2.16 bits per heavy atom. The maximum absolute atomic E-state index is 13.8. The highest BCUT2D eigenvalue weighted by atomic mass is 79.9. The lowest BCUT2D eigenvalue weighted by atomic mass is 10.3. The highest BCUT2D eigenvalue weighted by Gasteiger charge is 2.11. The van der Waals surface area contributed by atoms with Crippen LogP contribution in [-0.2, 0) is 6.42 Å². The van der Waals surface area contributed by atoms with Crippen LogP contribution >= 0.6 is 15.9 Å². The topological polar surface area (TPSA) is 55.0 Å². The molecule has 19 heavy (non-hydrogen) atoms. The van der Waals surface area contributed by atoms with Crippen LogP contribution in [0.15, 0.2) is 34.9 Å². The van der Waals surface area contributed by atoms with Crippen molar-refractivity contribution in [2.75, 3.05) is 18.5 Å². The summed E-state index contributed by atoms with van der Waals surface area (Å²) in [5.74, 6) is 0.988. The summed E-state index contributed by atoms with van der Waals surface area (Å²) in [5.41, 5.74) is 5.93. The number of hydrogen-bond acceptors (Lipinski definition) is 4. The number of halogens is 2. The van der Waals surface area contributed by atoms with Crippen LogP contribution in [0.4, 0.5) is 15.9 Å². The molecule has 0 amide bonds. The molecule has 0 fully saturated rings. The number of hydrogen-bond donors (Lipinski definition) is 1. The van der Waals surface area contributed by atoms with E-state index < -0.39 is 0 Å². The molecule has 1 aromatic heterocycles. The molecule has 0 unspecified atom stereocenters. The van der Waals surface area contributed by atoms with Gasteiger partial charge in [0.15, 0.2) is 0 Å². The first-order valence-electron chi connectivity index (χ1n) is 5.82. The van der Waals surface area contributed by atoms with Gasteiger partial charge in [0.2, 0.25) is 0 Å². The van der Waals surface area contributed by atoms with Crippen molar-refractivity contribution >= 4 is 27.4 Å².